The Kier molecular flexibility index (Phi) is 4.10. The Morgan fingerprint density at radius 1 is 1.33 bits per heavy atom. The molecule has 0 bridgehead atoms. The van der Waals surface area contributed by atoms with Gasteiger partial charge in [-0.05, 0) is 30.7 Å². The molecule has 2 rings (SSSR count). The van der Waals surface area contributed by atoms with Crippen LogP contribution in [0.1, 0.15) is 42.6 Å². The summed E-state index contributed by atoms with van der Waals surface area (Å²) in [5.41, 5.74) is 1.99. The van der Waals surface area contributed by atoms with Crippen LogP contribution in [0.2, 0.25) is 5.02 Å². The van der Waals surface area contributed by atoms with Crippen molar-refractivity contribution in [1.29, 1.82) is 0 Å². The van der Waals surface area contributed by atoms with Gasteiger partial charge in [-0.3, -0.25) is 0 Å². The number of methoxy groups -OCH3 is 1. The number of nitrogens with zero attached hydrogens (tertiary/aromatic N) is 1. The van der Waals surface area contributed by atoms with Crippen molar-refractivity contribution in [2.75, 3.05) is 7.11 Å². The van der Waals surface area contributed by atoms with Crippen molar-refractivity contribution in [2.24, 2.45) is 0 Å². The first-order valence-electron chi connectivity index (χ1n) is 6.60. The molecule has 0 unspecified atom stereocenters. The van der Waals surface area contributed by atoms with E-state index in [1.54, 1.807) is 6.07 Å². The Morgan fingerprint density at radius 3 is 2.52 bits per heavy atom. The molecule has 0 saturated carbocycles. The van der Waals surface area contributed by atoms with Gasteiger partial charge in [0.1, 0.15) is 5.69 Å². The van der Waals surface area contributed by atoms with Crippen LogP contribution in [0.25, 0.3) is 11.5 Å². The Morgan fingerprint density at radius 2 is 2.00 bits per heavy atom. The zero-order valence-electron chi connectivity index (χ0n) is 12.8. The summed E-state index contributed by atoms with van der Waals surface area (Å²) >= 11 is 5.96. The highest BCUT2D eigenvalue weighted by molar-refractivity contribution is 6.30. The summed E-state index contributed by atoms with van der Waals surface area (Å²) in [6.45, 7) is 7.82. The summed E-state index contributed by atoms with van der Waals surface area (Å²) in [4.78, 5) is 16.4. The fourth-order valence-electron chi connectivity index (χ4n) is 2.04. The van der Waals surface area contributed by atoms with E-state index in [0.29, 0.717) is 16.6 Å². The molecule has 1 aromatic carbocycles. The van der Waals surface area contributed by atoms with Gasteiger partial charge in [0.15, 0.2) is 0 Å². The Bertz CT molecular complexity index is 683. The van der Waals surface area contributed by atoms with Gasteiger partial charge in [-0.25, -0.2) is 9.78 Å². The number of carbonyl (C=O) groups is 1. The van der Waals surface area contributed by atoms with Crippen LogP contribution in [0.3, 0.4) is 0 Å². The van der Waals surface area contributed by atoms with E-state index in [0.717, 1.165) is 11.1 Å². The predicted octanol–water partition coefficient (Wildman–Crippen LogP) is 4.39. The van der Waals surface area contributed by atoms with E-state index in [-0.39, 0.29) is 11.2 Å². The number of esters is 1. The minimum absolute atomic E-state index is 0.148. The third-order valence-electron chi connectivity index (χ3n) is 3.13. The smallest absolute Gasteiger partial charge is 0.376 e. The minimum atomic E-state index is -0.523. The Labute approximate surface area is 129 Å². The van der Waals surface area contributed by atoms with Crippen LogP contribution < -0.4 is 0 Å². The number of carbonyl (C=O) groups excluding carboxylic acids is 1. The van der Waals surface area contributed by atoms with Gasteiger partial charge in [0.25, 0.3) is 0 Å². The second-order valence-electron chi connectivity index (χ2n) is 5.90. The number of hydrogen-bond acceptors (Lipinski definition) is 4. The zero-order chi connectivity index (χ0) is 15.8. The monoisotopic (exact) mass is 307 g/mol. The fourth-order valence-corrected chi connectivity index (χ4v) is 2.27. The molecule has 0 saturated heterocycles. The summed E-state index contributed by atoms with van der Waals surface area (Å²) < 4.78 is 10.4. The lowest BCUT2D eigenvalue weighted by Crippen LogP contribution is -2.17. The molecule has 0 N–H and O–H groups in total. The summed E-state index contributed by atoms with van der Waals surface area (Å²) in [5, 5.41) is 0.645. The molecule has 0 aliphatic carbocycles. The normalized spacial score (nSPS) is 11.5. The predicted molar refractivity (Wildman–Crippen MR) is 81.7 cm³/mol. The van der Waals surface area contributed by atoms with Crippen molar-refractivity contribution in [2.45, 2.75) is 33.1 Å². The highest BCUT2D eigenvalue weighted by Gasteiger charge is 2.30. The molecule has 1 aromatic heterocycles. The molecule has 2 aromatic rings. The van der Waals surface area contributed by atoms with Crippen LogP contribution in [-0.4, -0.2) is 18.1 Å². The van der Waals surface area contributed by atoms with Gasteiger partial charge >= 0.3 is 5.97 Å². The highest BCUT2D eigenvalue weighted by Crippen LogP contribution is 2.32. The molecule has 21 heavy (non-hydrogen) atoms. The SMILES string of the molecule is COC(=O)c1oc(-c2ccc(Cl)cc2C)nc1C(C)(C)C. The second kappa shape index (κ2) is 5.53. The van der Waals surface area contributed by atoms with Crippen LogP contribution >= 0.6 is 11.6 Å². The number of oxazole rings is 1. The topological polar surface area (TPSA) is 52.3 Å². The van der Waals surface area contributed by atoms with Gasteiger partial charge in [0.2, 0.25) is 11.7 Å². The van der Waals surface area contributed by atoms with Crippen molar-refractivity contribution in [3.05, 3.63) is 40.2 Å². The van der Waals surface area contributed by atoms with Crippen LogP contribution in [0.15, 0.2) is 22.6 Å². The molecule has 1 heterocycles. The van der Waals surface area contributed by atoms with Crippen LogP contribution in [0, 0.1) is 6.92 Å². The largest absolute Gasteiger partial charge is 0.463 e. The lowest BCUT2D eigenvalue weighted by Gasteiger charge is -2.15. The quantitative estimate of drug-likeness (QED) is 0.772. The van der Waals surface area contributed by atoms with Gasteiger partial charge in [-0.2, -0.15) is 0 Å². The first-order valence-corrected chi connectivity index (χ1v) is 6.98. The molecule has 0 aliphatic heterocycles. The van der Waals surface area contributed by atoms with Gasteiger partial charge in [0.05, 0.1) is 7.11 Å². The maximum Gasteiger partial charge on any atom is 0.376 e. The number of aryl methyl sites for hydroxylation is 1. The maximum absolute atomic E-state index is 11.9. The van der Waals surface area contributed by atoms with E-state index in [4.69, 9.17) is 20.8 Å². The molecular formula is C16H18ClNO3. The average molecular weight is 308 g/mol. The van der Waals surface area contributed by atoms with Gasteiger partial charge in [-0.15, -0.1) is 0 Å². The standard InChI is InChI=1S/C16H18ClNO3/c1-9-8-10(17)6-7-11(9)14-18-13(16(2,3)4)12(21-14)15(19)20-5/h6-8H,1-5H3. The summed E-state index contributed by atoms with van der Waals surface area (Å²) in [6, 6.07) is 5.43. The van der Waals surface area contributed by atoms with Crippen molar-refractivity contribution in [3.8, 4) is 11.5 Å². The number of halogens is 1. The molecule has 0 fully saturated rings. The first kappa shape index (κ1) is 15.6. The summed E-state index contributed by atoms with van der Waals surface area (Å²) in [5.74, 6) is 0.0223. The number of rotatable bonds is 2. The van der Waals surface area contributed by atoms with Crippen molar-refractivity contribution >= 4 is 17.6 Å². The number of hydrogen-bond donors (Lipinski definition) is 0. The highest BCUT2D eigenvalue weighted by atomic mass is 35.5. The summed E-state index contributed by atoms with van der Waals surface area (Å²) in [6.07, 6.45) is 0. The molecule has 112 valence electrons. The van der Waals surface area contributed by atoms with Crippen molar-refractivity contribution in [1.82, 2.24) is 4.98 Å². The van der Waals surface area contributed by atoms with Gasteiger partial charge in [-0.1, -0.05) is 32.4 Å². The third kappa shape index (κ3) is 3.10. The second-order valence-corrected chi connectivity index (χ2v) is 6.33. The van der Waals surface area contributed by atoms with Crippen LogP contribution in [0.5, 0.6) is 0 Å². The lowest BCUT2D eigenvalue weighted by molar-refractivity contribution is 0.0562. The van der Waals surface area contributed by atoms with Crippen LogP contribution in [0.4, 0.5) is 0 Å². The summed E-state index contributed by atoms with van der Waals surface area (Å²) in [7, 11) is 1.32. The van der Waals surface area contributed by atoms with E-state index in [1.165, 1.54) is 7.11 Å². The van der Waals surface area contributed by atoms with Gasteiger partial charge < -0.3 is 9.15 Å². The molecular weight excluding hydrogens is 290 g/mol. The molecule has 0 aliphatic rings. The number of aromatic nitrogens is 1. The van der Waals surface area contributed by atoms with E-state index in [2.05, 4.69) is 4.98 Å². The van der Waals surface area contributed by atoms with Gasteiger partial charge in [0, 0.05) is 16.0 Å². The molecule has 0 radical (unpaired) electrons. The molecule has 0 amide bonds. The molecule has 0 spiro atoms. The lowest BCUT2D eigenvalue weighted by atomic mass is 9.91. The third-order valence-corrected chi connectivity index (χ3v) is 3.36. The molecule has 4 nitrogen and oxygen atoms in total. The fraction of sp³-hybridized carbons (Fsp3) is 0.375. The molecule has 5 heteroatoms. The zero-order valence-corrected chi connectivity index (χ0v) is 13.5. The van der Waals surface area contributed by atoms with E-state index in [9.17, 15) is 4.79 Å². The number of benzene rings is 1. The molecule has 0 atom stereocenters. The van der Waals surface area contributed by atoms with Crippen molar-refractivity contribution in [3.63, 3.8) is 0 Å². The van der Waals surface area contributed by atoms with E-state index >= 15 is 0 Å². The Hall–Kier alpha value is -1.81. The minimum Gasteiger partial charge on any atom is -0.463 e. The van der Waals surface area contributed by atoms with Crippen LogP contribution in [-0.2, 0) is 10.2 Å². The average Bonchev–Trinajstić information content (AvgIpc) is 2.82. The first-order chi connectivity index (χ1) is 9.74. The van der Waals surface area contributed by atoms with E-state index < -0.39 is 5.97 Å². The Balaban J connectivity index is 2.61. The number of ether oxygens (including phenoxy) is 1. The van der Waals surface area contributed by atoms with Crippen molar-refractivity contribution < 1.29 is 13.9 Å². The van der Waals surface area contributed by atoms with E-state index in [1.807, 2.05) is 39.8 Å². The maximum atomic E-state index is 11.9.